The highest BCUT2D eigenvalue weighted by Crippen LogP contribution is 2.40. The molecule has 0 bridgehead atoms. The molecule has 0 unspecified atom stereocenters. The maximum atomic E-state index is 13.3. The molecule has 9 heteroatoms. The fourth-order valence-electron chi connectivity index (χ4n) is 3.88. The van der Waals surface area contributed by atoms with Crippen molar-refractivity contribution in [1.29, 1.82) is 0 Å². The Kier molecular flexibility index (Phi) is 4.91. The molecule has 30 heavy (non-hydrogen) atoms. The van der Waals surface area contributed by atoms with Gasteiger partial charge in [0.1, 0.15) is 4.21 Å². The number of piperazine rings is 1. The quantitative estimate of drug-likeness (QED) is 0.594. The summed E-state index contributed by atoms with van der Waals surface area (Å²) in [5, 5.41) is 5.82. The van der Waals surface area contributed by atoms with Crippen molar-refractivity contribution < 1.29 is 12.9 Å². The zero-order valence-corrected chi connectivity index (χ0v) is 18.6. The summed E-state index contributed by atoms with van der Waals surface area (Å²) in [4.78, 5) is 6.70. The lowest BCUT2D eigenvalue weighted by Gasteiger charge is -2.40. The minimum atomic E-state index is -3.55. The van der Waals surface area contributed by atoms with Crippen molar-refractivity contribution in [2.24, 2.45) is 0 Å². The number of rotatable bonds is 5. The Morgan fingerprint density at radius 1 is 1.20 bits per heavy atom. The zero-order valence-electron chi connectivity index (χ0n) is 17.0. The third-order valence-corrected chi connectivity index (χ3v) is 9.00. The number of aromatic nitrogens is 2. The van der Waals surface area contributed by atoms with E-state index in [1.165, 1.54) is 16.9 Å². The zero-order chi connectivity index (χ0) is 20.9. The number of nitrogens with zero attached hydrogens (tertiary/aromatic N) is 4. The highest BCUT2D eigenvalue weighted by atomic mass is 32.2. The smallest absolute Gasteiger partial charge is 0.252 e. The lowest BCUT2D eigenvalue weighted by Crippen LogP contribution is -2.53. The van der Waals surface area contributed by atoms with Gasteiger partial charge in [0.05, 0.1) is 0 Å². The summed E-state index contributed by atoms with van der Waals surface area (Å²) in [6, 6.07) is 10.1. The molecule has 3 aromatic rings. The summed E-state index contributed by atoms with van der Waals surface area (Å²) >= 11 is 1.21. The molecule has 1 aliphatic carbocycles. The second-order valence-electron chi connectivity index (χ2n) is 8.13. The van der Waals surface area contributed by atoms with Gasteiger partial charge in [0, 0.05) is 48.2 Å². The predicted octanol–water partition coefficient (Wildman–Crippen LogP) is 3.88. The van der Waals surface area contributed by atoms with E-state index in [0.29, 0.717) is 47.0 Å². The molecule has 2 aromatic heterocycles. The van der Waals surface area contributed by atoms with Gasteiger partial charge >= 0.3 is 0 Å². The van der Waals surface area contributed by atoms with Gasteiger partial charge in [0.2, 0.25) is 11.7 Å². The van der Waals surface area contributed by atoms with E-state index in [0.717, 1.165) is 18.5 Å². The fourth-order valence-corrected chi connectivity index (χ4v) is 6.70. The molecule has 7 nitrogen and oxygen atoms in total. The van der Waals surface area contributed by atoms with Gasteiger partial charge in [-0.25, -0.2) is 8.42 Å². The minimum absolute atomic E-state index is 0.0908. The number of aryl methyl sites for hydroxylation is 1. The van der Waals surface area contributed by atoms with Gasteiger partial charge < -0.3 is 9.42 Å². The minimum Gasteiger partial charge on any atom is -0.366 e. The van der Waals surface area contributed by atoms with Crippen molar-refractivity contribution in [3.8, 4) is 11.4 Å². The van der Waals surface area contributed by atoms with Crippen molar-refractivity contribution in [2.75, 3.05) is 24.5 Å². The van der Waals surface area contributed by atoms with Gasteiger partial charge in [-0.05, 0) is 50.5 Å². The molecule has 2 fully saturated rings. The van der Waals surface area contributed by atoms with Crippen LogP contribution in [-0.2, 0) is 10.0 Å². The molecule has 1 saturated heterocycles. The molecular formula is C21H24N4O3S2. The molecule has 1 aliphatic heterocycles. The van der Waals surface area contributed by atoms with Crippen LogP contribution in [0.3, 0.4) is 0 Å². The van der Waals surface area contributed by atoms with Crippen LogP contribution in [0.1, 0.15) is 37.1 Å². The molecule has 1 saturated carbocycles. The van der Waals surface area contributed by atoms with Gasteiger partial charge in [0.15, 0.2) is 0 Å². The van der Waals surface area contributed by atoms with E-state index >= 15 is 0 Å². The number of thiophene rings is 1. The van der Waals surface area contributed by atoms with E-state index in [4.69, 9.17) is 4.52 Å². The summed E-state index contributed by atoms with van der Waals surface area (Å²) in [7, 11) is -3.55. The van der Waals surface area contributed by atoms with E-state index in [1.54, 1.807) is 15.8 Å². The van der Waals surface area contributed by atoms with Crippen LogP contribution in [0.5, 0.6) is 0 Å². The molecule has 158 valence electrons. The summed E-state index contributed by atoms with van der Waals surface area (Å²) < 4.78 is 33.7. The maximum Gasteiger partial charge on any atom is 0.252 e. The Bertz CT molecular complexity index is 1170. The molecule has 0 N–H and O–H groups in total. The Hall–Kier alpha value is -2.23. The van der Waals surface area contributed by atoms with Crippen molar-refractivity contribution in [3.63, 3.8) is 0 Å². The van der Waals surface area contributed by atoms with Crippen LogP contribution in [0.2, 0.25) is 0 Å². The predicted molar refractivity (Wildman–Crippen MR) is 116 cm³/mol. The molecule has 5 rings (SSSR count). The van der Waals surface area contributed by atoms with Crippen molar-refractivity contribution in [1.82, 2.24) is 14.4 Å². The van der Waals surface area contributed by atoms with Gasteiger partial charge in [-0.1, -0.05) is 17.3 Å². The maximum absolute atomic E-state index is 13.3. The Morgan fingerprint density at radius 3 is 2.77 bits per heavy atom. The summed E-state index contributed by atoms with van der Waals surface area (Å²) in [5.41, 5.74) is 3.04. The van der Waals surface area contributed by atoms with Crippen LogP contribution in [0.4, 0.5) is 5.69 Å². The van der Waals surface area contributed by atoms with Crippen molar-refractivity contribution in [3.05, 3.63) is 47.2 Å². The Labute approximate surface area is 180 Å². The SMILES string of the molecule is Cc1cccc(N2CCN(S(=O)(=O)c3cc(-c4noc(C5CC5)n4)cs3)C[C@@H]2C)c1. The third kappa shape index (κ3) is 3.66. The standard InChI is InChI=1S/C21H24N4O3S2/c1-14-4-3-5-18(10-14)25-9-8-24(12-15(25)2)30(26,27)19-11-17(13-29-19)20-22-21(28-23-20)16-6-7-16/h3-5,10-11,13,15-16H,6-9,12H2,1-2H3/t15-/m0/s1. The van der Waals surface area contributed by atoms with Crippen LogP contribution in [0.25, 0.3) is 11.4 Å². The van der Waals surface area contributed by atoms with E-state index in [1.807, 2.05) is 6.07 Å². The lowest BCUT2D eigenvalue weighted by atomic mass is 10.1. The second kappa shape index (κ2) is 7.47. The molecular weight excluding hydrogens is 420 g/mol. The van der Waals surface area contributed by atoms with Gasteiger partial charge in [0.25, 0.3) is 10.0 Å². The van der Waals surface area contributed by atoms with E-state index in [-0.39, 0.29) is 6.04 Å². The number of sulfonamides is 1. The molecule has 2 aliphatic rings. The van der Waals surface area contributed by atoms with E-state index < -0.39 is 10.0 Å². The highest BCUT2D eigenvalue weighted by molar-refractivity contribution is 7.91. The van der Waals surface area contributed by atoms with Crippen LogP contribution < -0.4 is 4.90 Å². The normalized spacial score (nSPS) is 20.6. The van der Waals surface area contributed by atoms with Crippen LogP contribution >= 0.6 is 11.3 Å². The average molecular weight is 445 g/mol. The summed E-state index contributed by atoms with van der Waals surface area (Å²) in [6.45, 7) is 5.72. The summed E-state index contributed by atoms with van der Waals surface area (Å²) in [5.74, 6) is 1.49. The Morgan fingerprint density at radius 2 is 2.03 bits per heavy atom. The van der Waals surface area contributed by atoms with Crippen molar-refractivity contribution >= 4 is 27.0 Å². The number of hydrogen-bond donors (Lipinski definition) is 0. The molecule has 0 spiro atoms. The molecule has 3 heterocycles. The molecule has 0 radical (unpaired) electrons. The van der Waals surface area contributed by atoms with E-state index in [2.05, 4.69) is 47.1 Å². The number of anilines is 1. The van der Waals surface area contributed by atoms with Gasteiger partial charge in [-0.15, -0.1) is 11.3 Å². The number of hydrogen-bond acceptors (Lipinski definition) is 7. The molecule has 1 atom stereocenters. The Balaban J connectivity index is 1.32. The van der Waals surface area contributed by atoms with Gasteiger partial charge in [-0.2, -0.15) is 9.29 Å². The first-order chi connectivity index (χ1) is 14.4. The number of benzene rings is 1. The van der Waals surface area contributed by atoms with Crippen LogP contribution in [-0.4, -0.2) is 48.5 Å². The molecule has 0 amide bonds. The highest BCUT2D eigenvalue weighted by Gasteiger charge is 2.34. The molecule has 1 aromatic carbocycles. The average Bonchev–Trinajstić information content (AvgIpc) is 3.24. The first kappa shape index (κ1) is 19.7. The van der Waals surface area contributed by atoms with Crippen LogP contribution in [0, 0.1) is 6.92 Å². The van der Waals surface area contributed by atoms with Crippen LogP contribution in [0.15, 0.2) is 44.4 Å². The van der Waals surface area contributed by atoms with Crippen molar-refractivity contribution in [2.45, 2.75) is 42.9 Å². The topological polar surface area (TPSA) is 79.5 Å². The van der Waals surface area contributed by atoms with E-state index in [9.17, 15) is 8.42 Å². The largest absolute Gasteiger partial charge is 0.366 e. The van der Waals surface area contributed by atoms with Gasteiger partial charge in [-0.3, -0.25) is 0 Å². The summed E-state index contributed by atoms with van der Waals surface area (Å²) in [6.07, 6.45) is 2.16. The fraction of sp³-hybridized carbons (Fsp3) is 0.429. The first-order valence-corrected chi connectivity index (χ1v) is 12.5. The monoisotopic (exact) mass is 444 g/mol. The third-order valence-electron chi connectivity index (χ3n) is 5.72. The lowest BCUT2D eigenvalue weighted by molar-refractivity contribution is 0.343. The first-order valence-electron chi connectivity index (χ1n) is 10.2. The second-order valence-corrected chi connectivity index (χ2v) is 11.2.